The molecule has 1 atom stereocenters. The Bertz CT molecular complexity index is 928. The largest absolute Gasteiger partial charge is 0.322 e. The van der Waals surface area contributed by atoms with Crippen LogP contribution in [0.5, 0.6) is 0 Å². The van der Waals surface area contributed by atoms with Gasteiger partial charge in [0.2, 0.25) is 10.0 Å². The number of hydrogen-bond donors (Lipinski definition) is 2. The Labute approximate surface area is 160 Å². The molecular formula is C17H19ClN2O4S2. The highest BCUT2D eigenvalue weighted by atomic mass is 35.5. The van der Waals surface area contributed by atoms with E-state index in [4.69, 9.17) is 11.6 Å². The SMILES string of the molecule is CCNS(=O)(=O)c1ccc(C(=O)Nc2ccc(Cl)c(CS(C)=O)c2)cc1. The zero-order valence-electron chi connectivity index (χ0n) is 14.3. The molecular weight excluding hydrogens is 396 g/mol. The van der Waals surface area contributed by atoms with Crippen molar-refractivity contribution >= 4 is 44.0 Å². The standard InChI is InChI=1S/C17H19ClN2O4S2/c1-3-19-26(23,24)15-7-4-12(5-8-15)17(21)20-14-6-9-16(18)13(10-14)11-25(2)22/h4-10,19H,3,11H2,1-2H3,(H,20,21). The molecule has 0 fully saturated rings. The molecule has 1 unspecified atom stereocenters. The topological polar surface area (TPSA) is 92.3 Å². The van der Waals surface area contributed by atoms with Crippen molar-refractivity contribution in [3.8, 4) is 0 Å². The summed E-state index contributed by atoms with van der Waals surface area (Å²) in [4.78, 5) is 12.4. The van der Waals surface area contributed by atoms with Crippen molar-refractivity contribution in [2.24, 2.45) is 0 Å². The second-order valence-electron chi connectivity index (χ2n) is 5.50. The van der Waals surface area contributed by atoms with Gasteiger partial charge in [-0.25, -0.2) is 13.1 Å². The third-order valence-electron chi connectivity index (χ3n) is 3.42. The number of carbonyl (C=O) groups excluding carboxylic acids is 1. The maximum atomic E-state index is 12.4. The van der Waals surface area contributed by atoms with Crippen molar-refractivity contribution in [3.63, 3.8) is 0 Å². The van der Waals surface area contributed by atoms with Crippen molar-refractivity contribution < 1.29 is 17.4 Å². The molecule has 26 heavy (non-hydrogen) atoms. The van der Waals surface area contributed by atoms with Crippen LogP contribution >= 0.6 is 11.6 Å². The number of rotatable bonds is 7. The van der Waals surface area contributed by atoms with Crippen LogP contribution in [0.3, 0.4) is 0 Å². The normalized spacial score (nSPS) is 12.6. The Kier molecular flexibility index (Phi) is 6.94. The lowest BCUT2D eigenvalue weighted by atomic mass is 10.2. The molecule has 2 aromatic carbocycles. The van der Waals surface area contributed by atoms with E-state index in [0.717, 1.165) is 0 Å². The molecule has 1 amide bonds. The fourth-order valence-corrected chi connectivity index (χ4v) is 4.23. The number of nitrogens with one attached hydrogen (secondary N) is 2. The number of hydrogen-bond acceptors (Lipinski definition) is 4. The Morgan fingerprint density at radius 3 is 2.38 bits per heavy atom. The average molecular weight is 415 g/mol. The highest BCUT2D eigenvalue weighted by molar-refractivity contribution is 7.89. The van der Waals surface area contributed by atoms with Crippen LogP contribution < -0.4 is 10.0 Å². The molecule has 0 aliphatic carbocycles. The van der Waals surface area contributed by atoms with Crippen LogP contribution in [0.2, 0.25) is 5.02 Å². The van der Waals surface area contributed by atoms with E-state index in [-0.39, 0.29) is 17.3 Å². The van der Waals surface area contributed by atoms with Crippen LogP contribution in [0.25, 0.3) is 0 Å². The van der Waals surface area contributed by atoms with E-state index in [1.807, 2.05) is 0 Å². The Balaban J connectivity index is 2.16. The van der Waals surface area contributed by atoms with Gasteiger partial charge in [0.1, 0.15) is 0 Å². The third kappa shape index (κ3) is 5.38. The first-order chi connectivity index (χ1) is 12.2. The van der Waals surface area contributed by atoms with Crippen molar-refractivity contribution in [2.45, 2.75) is 17.6 Å². The van der Waals surface area contributed by atoms with E-state index in [9.17, 15) is 17.4 Å². The van der Waals surface area contributed by atoms with Gasteiger partial charge in [0.05, 0.1) is 4.90 Å². The monoisotopic (exact) mass is 414 g/mol. The van der Waals surface area contributed by atoms with Gasteiger partial charge in [-0.2, -0.15) is 0 Å². The average Bonchev–Trinajstić information content (AvgIpc) is 2.57. The first-order valence-corrected chi connectivity index (χ1v) is 11.3. The Morgan fingerprint density at radius 1 is 1.15 bits per heavy atom. The van der Waals surface area contributed by atoms with Gasteiger partial charge in [0.25, 0.3) is 5.91 Å². The van der Waals surface area contributed by atoms with Crippen molar-refractivity contribution in [2.75, 3.05) is 18.1 Å². The number of amides is 1. The summed E-state index contributed by atoms with van der Waals surface area (Å²) >= 11 is 6.07. The predicted molar refractivity (Wildman–Crippen MR) is 104 cm³/mol. The summed E-state index contributed by atoms with van der Waals surface area (Å²) in [6.07, 6.45) is 1.57. The van der Waals surface area contributed by atoms with Gasteiger partial charge in [-0.3, -0.25) is 9.00 Å². The minimum atomic E-state index is -3.56. The molecule has 9 heteroatoms. The van der Waals surface area contributed by atoms with Gasteiger partial charge in [0, 0.05) is 45.6 Å². The van der Waals surface area contributed by atoms with Crippen molar-refractivity contribution in [1.29, 1.82) is 0 Å². The highest BCUT2D eigenvalue weighted by Gasteiger charge is 2.14. The number of carbonyl (C=O) groups is 1. The van der Waals surface area contributed by atoms with Gasteiger partial charge >= 0.3 is 0 Å². The van der Waals surface area contributed by atoms with Crippen LogP contribution in [-0.2, 0) is 26.6 Å². The number of anilines is 1. The smallest absolute Gasteiger partial charge is 0.255 e. The molecule has 0 radical (unpaired) electrons. The molecule has 0 saturated carbocycles. The van der Waals surface area contributed by atoms with E-state index < -0.39 is 20.8 Å². The fraction of sp³-hybridized carbons (Fsp3) is 0.235. The summed E-state index contributed by atoms with van der Waals surface area (Å²) in [5, 5.41) is 3.20. The molecule has 0 saturated heterocycles. The summed E-state index contributed by atoms with van der Waals surface area (Å²) in [7, 11) is -4.62. The van der Waals surface area contributed by atoms with Gasteiger partial charge < -0.3 is 5.32 Å². The van der Waals surface area contributed by atoms with E-state index in [1.165, 1.54) is 24.3 Å². The fourth-order valence-electron chi connectivity index (χ4n) is 2.24. The Morgan fingerprint density at radius 2 is 1.81 bits per heavy atom. The van der Waals surface area contributed by atoms with Crippen LogP contribution in [0.4, 0.5) is 5.69 Å². The predicted octanol–water partition coefficient (Wildman–Crippen LogP) is 2.77. The van der Waals surface area contributed by atoms with Gasteiger partial charge in [-0.05, 0) is 48.0 Å². The molecule has 6 nitrogen and oxygen atoms in total. The summed E-state index contributed by atoms with van der Waals surface area (Å²) in [6, 6.07) is 10.6. The summed E-state index contributed by atoms with van der Waals surface area (Å²) < 4.78 is 37.6. The van der Waals surface area contributed by atoms with E-state index in [1.54, 1.807) is 31.4 Å². The second-order valence-corrected chi connectivity index (χ2v) is 9.11. The zero-order valence-corrected chi connectivity index (χ0v) is 16.7. The van der Waals surface area contributed by atoms with Crippen molar-refractivity contribution in [1.82, 2.24) is 4.72 Å². The van der Waals surface area contributed by atoms with Crippen LogP contribution in [0, 0.1) is 0 Å². The molecule has 140 valence electrons. The third-order valence-corrected chi connectivity index (χ3v) is 6.07. The quantitative estimate of drug-likeness (QED) is 0.728. The molecule has 2 N–H and O–H groups in total. The van der Waals surface area contributed by atoms with Crippen LogP contribution in [-0.4, -0.2) is 31.3 Å². The molecule has 0 bridgehead atoms. The van der Waals surface area contributed by atoms with Crippen LogP contribution in [0.15, 0.2) is 47.4 Å². The molecule has 0 aliphatic rings. The van der Waals surface area contributed by atoms with Gasteiger partial charge in [0.15, 0.2) is 0 Å². The molecule has 0 spiro atoms. The number of benzene rings is 2. The van der Waals surface area contributed by atoms with E-state index in [0.29, 0.717) is 27.6 Å². The summed E-state index contributed by atoms with van der Waals surface area (Å²) in [5.74, 6) is -0.0946. The first-order valence-electron chi connectivity index (χ1n) is 7.72. The molecule has 2 rings (SSSR count). The Hall–Kier alpha value is -1.74. The minimum Gasteiger partial charge on any atom is -0.322 e. The lowest BCUT2D eigenvalue weighted by Gasteiger charge is -2.09. The van der Waals surface area contributed by atoms with Gasteiger partial charge in [-0.15, -0.1) is 0 Å². The number of halogens is 1. The highest BCUT2D eigenvalue weighted by Crippen LogP contribution is 2.22. The lowest BCUT2D eigenvalue weighted by molar-refractivity contribution is 0.102. The maximum Gasteiger partial charge on any atom is 0.255 e. The first kappa shape index (κ1) is 20.6. The van der Waals surface area contributed by atoms with Gasteiger partial charge in [-0.1, -0.05) is 18.5 Å². The lowest BCUT2D eigenvalue weighted by Crippen LogP contribution is -2.23. The van der Waals surface area contributed by atoms with Crippen molar-refractivity contribution in [3.05, 3.63) is 58.6 Å². The maximum absolute atomic E-state index is 12.4. The summed E-state index contributed by atoms with van der Waals surface area (Å²) in [5.41, 5.74) is 1.51. The zero-order chi connectivity index (χ0) is 19.3. The van der Waals surface area contributed by atoms with Crippen LogP contribution in [0.1, 0.15) is 22.8 Å². The van der Waals surface area contributed by atoms with E-state index in [2.05, 4.69) is 10.0 Å². The summed E-state index contributed by atoms with van der Waals surface area (Å²) in [6.45, 7) is 1.97. The molecule has 2 aromatic rings. The molecule has 0 heterocycles. The van der Waals surface area contributed by atoms with E-state index >= 15 is 0 Å². The minimum absolute atomic E-state index is 0.0927. The molecule has 0 aromatic heterocycles. The number of sulfonamides is 1. The molecule has 0 aliphatic heterocycles. The second kappa shape index (κ2) is 8.77.